The zero-order chi connectivity index (χ0) is 12.3. The monoisotopic (exact) mass is 228 g/mol. The van der Waals surface area contributed by atoms with Gasteiger partial charge in [-0.25, -0.2) is 9.59 Å². The van der Waals surface area contributed by atoms with Gasteiger partial charge in [-0.05, 0) is 13.8 Å². The van der Waals surface area contributed by atoms with Crippen molar-refractivity contribution in [3.8, 4) is 0 Å². The molecule has 0 bridgehead atoms. The van der Waals surface area contributed by atoms with Gasteiger partial charge >= 0.3 is 17.9 Å². The highest BCUT2D eigenvalue weighted by Crippen LogP contribution is 2.26. The van der Waals surface area contributed by atoms with E-state index < -0.39 is 23.5 Å². The lowest BCUT2D eigenvalue weighted by Gasteiger charge is -2.17. The van der Waals surface area contributed by atoms with E-state index in [1.54, 1.807) is 6.92 Å². The van der Waals surface area contributed by atoms with Gasteiger partial charge in [0.05, 0.1) is 6.61 Å². The molecule has 0 aliphatic carbocycles. The van der Waals surface area contributed by atoms with Crippen molar-refractivity contribution >= 4 is 17.9 Å². The molecule has 16 heavy (non-hydrogen) atoms. The van der Waals surface area contributed by atoms with Gasteiger partial charge in [0, 0.05) is 13.0 Å². The number of hydrogen-bond acceptors (Lipinski definition) is 6. The Balaban J connectivity index is 2.86. The summed E-state index contributed by atoms with van der Waals surface area (Å²) in [7, 11) is 0. The van der Waals surface area contributed by atoms with Crippen LogP contribution in [0.25, 0.3) is 0 Å². The topological polar surface area (TPSA) is 78.9 Å². The maximum absolute atomic E-state index is 11.5. The Morgan fingerprint density at radius 2 is 2.12 bits per heavy atom. The van der Waals surface area contributed by atoms with E-state index in [2.05, 4.69) is 4.74 Å². The molecule has 6 heteroatoms. The molecule has 1 rings (SSSR count). The predicted molar refractivity (Wildman–Crippen MR) is 51.0 cm³/mol. The number of rotatable bonds is 3. The molecule has 0 aromatic heterocycles. The molecule has 0 saturated carbocycles. The van der Waals surface area contributed by atoms with Gasteiger partial charge in [0.1, 0.15) is 0 Å². The van der Waals surface area contributed by atoms with Crippen molar-refractivity contribution in [3.05, 3.63) is 11.8 Å². The van der Waals surface area contributed by atoms with Crippen molar-refractivity contribution in [3.63, 3.8) is 0 Å². The van der Waals surface area contributed by atoms with Crippen LogP contribution in [0.2, 0.25) is 0 Å². The van der Waals surface area contributed by atoms with Gasteiger partial charge in [0.15, 0.2) is 0 Å². The summed E-state index contributed by atoms with van der Waals surface area (Å²) >= 11 is 0. The second kappa shape index (κ2) is 4.34. The molecule has 88 valence electrons. The molecule has 0 spiro atoms. The van der Waals surface area contributed by atoms with Crippen LogP contribution in [-0.2, 0) is 28.6 Å². The van der Waals surface area contributed by atoms with Crippen LogP contribution in [0.5, 0.6) is 0 Å². The number of carbonyl (C=O) groups excluding carboxylic acids is 3. The lowest BCUT2D eigenvalue weighted by molar-refractivity contribution is -0.170. The van der Waals surface area contributed by atoms with Crippen LogP contribution in [0.1, 0.15) is 20.8 Å². The molecule has 0 saturated heterocycles. The first kappa shape index (κ1) is 12.2. The molecule has 0 aromatic rings. The van der Waals surface area contributed by atoms with Gasteiger partial charge in [0.2, 0.25) is 11.4 Å². The summed E-state index contributed by atoms with van der Waals surface area (Å²) in [5, 5.41) is 0. The van der Waals surface area contributed by atoms with Crippen molar-refractivity contribution in [1.82, 2.24) is 0 Å². The van der Waals surface area contributed by atoms with Crippen LogP contribution in [0.15, 0.2) is 11.8 Å². The van der Waals surface area contributed by atoms with E-state index in [9.17, 15) is 14.4 Å². The normalized spacial score (nSPS) is 23.4. The molecule has 0 radical (unpaired) electrons. The number of carbonyl (C=O) groups is 3. The number of ether oxygens (including phenoxy) is 3. The van der Waals surface area contributed by atoms with Gasteiger partial charge in [-0.3, -0.25) is 4.79 Å². The zero-order valence-corrected chi connectivity index (χ0v) is 9.23. The molecule has 1 heterocycles. The Kier molecular flexibility index (Phi) is 3.31. The van der Waals surface area contributed by atoms with E-state index in [1.165, 1.54) is 6.92 Å². The van der Waals surface area contributed by atoms with E-state index in [-0.39, 0.29) is 12.4 Å². The molecule has 1 unspecified atom stereocenters. The van der Waals surface area contributed by atoms with Crippen LogP contribution in [0, 0.1) is 0 Å². The summed E-state index contributed by atoms with van der Waals surface area (Å²) in [5.74, 6) is -2.50. The quantitative estimate of drug-likeness (QED) is 0.511. The highest BCUT2D eigenvalue weighted by Gasteiger charge is 2.45. The summed E-state index contributed by atoms with van der Waals surface area (Å²) < 4.78 is 14.1. The van der Waals surface area contributed by atoms with E-state index in [4.69, 9.17) is 9.47 Å². The molecule has 0 fully saturated rings. The molecule has 0 N–H and O–H groups in total. The predicted octanol–water partition coefficient (Wildman–Crippen LogP) is 0.312. The van der Waals surface area contributed by atoms with Crippen molar-refractivity contribution in [2.24, 2.45) is 0 Å². The second-order valence-electron chi connectivity index (χ2n) is 3.32. The van der Waals surface area contributed by atoms with Crippen molar-refractivity contribution in [1.29, 1.82) is 0 Å². The Labute approximate surface area is 92.2 Å². The molecule has 1 aliphatic rings. The van der Waals surface area contributed by atoms with Gasteiger partial charge in [-0.1, -0.05) is 0 Å². The minimum absolute atomic E-state index is 0.169. The molecular weight excluding hydrogens is 216 g/mol. The van der Waals surface area contributed by atoms with E-state index in [1.807, 2.05) is 0 Å². The summed E-state index contributed by atoms with van der Waals surface area (Å²) in [4.78, 5) is 33.4. The van der Waals surface area contributed by atoms with Gasteiger partial charge < -0.3 is 14.2 Å². The maximum Gasteiger partial charge on any atom is 0.375 e. The average molecular weight is 228 g/mol. The molecule has 1 aliphatic heterocycles. The van der Waals surface area contributed by atoms with Gasteiger partial charge in [-0.2, -0.15) is 0 Å². The highest BCUT2D eigenvalue weighted by molar-refractivity contribution is 5.98. The largest absolute Gasteiger partial charge is 0.463 e. The Hall–Kier alpha value is -1.85. The fraction of sp³-hybridized carbons (Fsp3) is 0.500. The van der Waals surface area contributed by atoms with Gasteiger partial charge in [0.25, 0.3) is 0 Å². The first-order valence-corrected chi connectivity index (χ1v) is 4.71. The third-order valence-corrected chi connectivity index (χ3v) is 1.85. The van der Waals surface area contributed by atoms with Crippen LogP contribution in [0.3, 0.4) is 0 Å². The summed E-state index contributed by atoms with van der Waals surface area (Å²) in [6.07, 6.45) is 1.13. The zero-order valence-electron chi connectivity index (χ0n) is 9.23. The highest BCUT2D eigenvalue weighted by atomic mass is 16.6. The minimum atomic E-state index is -1.52. The van der Waals surface area contributed by atoms with E-state index >= 15 is 0 Å². The number of cyclic esters (lactones) is 1. The first-order chi connectivity index (χ1) is 7.39. The van der Waals surface area contributed by atoms with Crippen molar-refractivity contribution in [2.75, 3.05) is 6.61 Å². The second-order valence-corrected chi connectivity index (χ2v) is 3.32. The minimum Gasteiger partial charge on any atom is -0.463 e. The Bertz CT molecular complexity index is 370. The van der Waals surface area contributed by atoms with E-state index in [0.29, 0.717) is 0 Å². The summed E-state index contributed by atoms with van der Waals surface area (Å²) in [5.41, 5.74) is -1.52. The van der Waals surface area contributed by atoms with E-state index in [0.717, 1.165) is 13.0 Å². The molecule has 6 nitrogen and oxygen atoms in total. The molecule has 0 amide bonds. The third-order valence-electron chi connectivity index (χ3n) is 1.85. The lowest BCUT2D eigenvalue weighted by atomic mass is 10.1. The summed E-state index contributed by atoms with van der Waals surface area (Å²) in [6.45, 7) is 4.31. The average Bonchev–Trinajstić information content (AvgIpc) is 2.42. The van der Waals surface area contributed by atoms with Crippen molar-refractivity contribution < 1.29 is 28.6 Å². The van der Waals surface area contributed by atoms with Crippen LogP contribution < -0.4 is 0 Å². The third kappa shape index (κ3) is 2.39. The fourth-order valence-electron chi connectivity index (χ4n) is 1.18. The number of esters is 3. The lowest BCUT2D eigenvalue weighted by Crippen LogP contribution is -2.36. The number of hydrogen-bond donors (Lipinski definition) is 0. The standard InChI is InChI=1S/C10H12O6/c1-4-14-9(13)10(3)5-7(8(12)16-10)15-6(2)11/h5H,4H2,1-3H3. The molecule has 1 atom stereocenters. The maximum atomic E-state index is 11.5. The SMILES string of the molecule is CCOC(=O)C1(C)C=C(OC(C)=O)C(=O)O1. The molecular formula is C10H12O6. The fourth-order valence-corrected chi connectivity index (χ4v) is 1.18. The Morgan fingerprint density at radius 1 is 1.50 bits per heavy atom. The Morgan fingerprint density at radius 3 is 2.62 bits per heavy atom. The van der Waals surface area contributed by atoms with Crippen LogP contribution >= 0.6 is 0 Å². The van der Waals surface area contributed by atoms with Gasteiger partial charge in [-0.15, -0.1) is 0 Å². The summed E-state index contributed by atoms with van der Waals surface area (Å²) in [6, 6.07) is 0. The van der Waals surface area contributed by atoms with Crippen molar-refractivity contribution in [2.45, 2.75) is 26.4 Å². The van der Waals surface area contributed by atoms with Crippen LogP contribution in [0.4, 0.5) is 0 Å². The smallest absolute Gasteiger partial charge is 0.375 e. The first-order valence-electron chi connectivity index (χ1n) is 4.71. The molecule has 0 aromatic carbocycles. The van der Waals surface area contributed by atoms with Crippen LogP contribution in [-0.4, -0.2) is 30.1 Å².